The van der Waals surface area contributed by atoms with Crippen molar-refractivity contribution in [2.75, 3.05) is 35.0 Å². The topological polar surface area (TPSA) is 83.5 Å². The van der Waals surface area contributed by atoms with Gasteiger partial charge in [0.25, 0.3) is 0 Å². The van der Waals surface area contributed by atoms with Gasteiger partial charge in [-0.1, -0.05) is 0 Å². The van der Waals surface area contributed by atoms with E-state index in [9.17, 15) is 9.90 Å². The molecule has 1 aliphatic heterocycles. The van der Waals surface area contributed by atoms with Crippen molar-refractivity contribution in [1.82, 2.24) is 0 Å². The Balaban J connectivity index is 2.02. The standard InChI is InChI=1S/C22H23BrO7/c1-26-14-7-11(6-13(23)19(14)24)16-17-10(5-12-9-30-22(25)18(12)16)8-15(27-2)20(28-3)21(17)29-4/h6-8,12,16,18,24H,5,9H2,1-4H3/t12-,16+,18+/m1/s1. The minimum absolute atomic E-state index is 0.00195. The summed E-state index contributed by atoms with van der Waals surface area (Å²) in [5.74, 6) is 0.916. The molecule has 2 aromatic carbocycles. The number of hydrogen-bond acceptors (Lipinski definition) is 7. The van der Waals surface area contributed by atoms with E-state index in [1.54, 1.807) is 33.5 Å². The summed E-state index contributed by atoms with van der Waals surface area (Å²) in [5.41, 5.74) is 2.67. The van der Waals surface area contributed by atoms with Gasteiger partial charge < -0.3 is 28.8 Å². The molecule has 1 fully saturated rings. The third-order valence-corrected chi connectivity index (χ3v) is 6.56. The van der Waals surface area contributed by atoms with Crippen LogP contribution in [0.15, 0.2) is 22.7 Å². The molecule has 0 saturated carbocycles. The van der Waals surface area contributed by atoms with Crippen molar-refractivity contribution >= 4 is 21.9 Å². The van der Waals surface area contributed by atoms with Crippen LogP contribution >= 0.6 is 15.9 Å². The summed E-state index contributed by atoms with van der Waals surface area (Å²) < 4.78 is 28.2. The number of benzene rings is 2. The second kappa shape index (κ2) is 7.91. The quantitative estimate of drug-likeness (QED) is 0.656. The van der Waals surface area contributed by atoms with Crippen LogP contribution in [-0.2, 0) is 16.0 Å². The second-order valence-corrected chi connectivity index (χ2v) is 8.22. The molecule has 1 N–H and O–H groups in total. The summed E-state index contributed by atoms with van der Waals surface area (Å²) >= 11 is 3.40. The summed E-state index contributed by atoms with van der Waals surface area (Å²) in [6.45, 7) is 0.368. The maximum Gasteiger partial charge on any atom is 0.310 e. The minimum atomic E-state index is -0.384. The molecule has 1 heterocycles. The number of cyclic esters (lactones) is 1. The number of halogens is 1. The van der Waals surface area contributed by atoms with Gasteiger partial charge in [-0.2, -0.15) is 0 Å². The van der Waals surface area contributed by atoms with Gasteiger partial charge in [-0.3, -0.25) is 4.79 Å². The van der Waals surface area contributed by atoms with E-state index in [2.05, 4.69) is 15.9 Å². The van der Waals surface area contributed by atoms with Gasteiger partial charge >= 0.3 is 5.97 Å². The Labute approximate surface area is 183 Å². The van der Waals surface area contributed by atoms with E-state index >= 15 is 0 Å². The van der Waals surface area contributed by atoms with E-state index in [-0.39, 0.29) is 29.5 Å². The van der Waals surface area contributed by atoms with Crippen molar-refractivity contribution in [3.05, 3.63) is 39.4 Å². The average molecular weight is 479 g/mol. The highest BCUT2D eigenvalue weighted by Crippen LogP contribution is 2.55. The normalized spacial score (nSPS) is 22.0. The fourth-order valence-corrected chi connectivity index (χ4v) is 5.14. The second-order valence-electron chi connectivity index (χ2n) is 7.37. The largest absolute Gasteiger partial charge is 0.503 e. The first kappa shape index (κ1) is 20.7. The number of hydrogen-bond donors (Lipinski definition) is 1. The molecule has 0 radical (unpaired) electrons. The molecule has 8 heteroatoms. The van der Waals surface area contributed by atoms with Crippen molar-refractivity contribution in [1.29, 1.82) is 0 Å². The van der Waals surface area contributed by atoms with Gasteiger partial charge in [0, 0.05) is 17.4 Å². The Morgan fingerprint density at radius 3 is 2.33 bits per heavy atom. The van der Waals surface area contributed by atoms with E-state index < -0.39 is 0 Å². The lowest BCUT2D eigenvalue weighted by atomic mass is 9.67. The molecule has 0 unspecified atom stereocenters. The predicted molar refractivity (Wildman–Crippen MR) is 112 cm³/mol. The molecule has 2 aliphatic rings. The lowest BCUT2D eigenvalue weighted by molar-refractivity contribution is -0.141. The number of fused-ring (bicyclic) bond motifs is 2. The average Bonchev–Trinajstić information content (AvgIpc) is 3.12. The Bertz CT molecular complexity index is 1000. The van der Waals surface area contributed by atoms with Crippen molar-refractivity contribution in [3.63, 3.8) is 0 Å². The van der Waals surface area contributed by atoms with E-state index in [4.69, 9.17) is 23.7 Å². The van der Waals surface area contributed by atoms with Crippen molar-refractivity contribution in [3.8, 4) is 28.7 Å². The van der Waals surface area contributed by atoms with Crippen LogP contribution in [0, 0.1) is 11.8 Å². The Hall–Kier alpha value is -2.61. The van der Waals surface area contributed by atoms with Crippen LogP contribution in [-0.4, -0.2) is 46.1 Å². The molecule has 160 valence electrons. The molecule has 30 heavy (non-hydrogen) atoms. The zero-order chi connectivity index (χ0) is 21.6. The van der Waals surface area contributed by atoms with E-state index in [1.165, 1.54) is 7.11 Å². The first-order valence-electron chi connectivity index (χ1n) is 9.49. The van der Waals surface area contributed by atoms with Crippen molar-refractivity contribution < 1.29 is 33.6 Å². The number of aromatic hydroxyl groups is 1. The Kier molecular flexibility index (Phi) is 5.44. The third kappa shape index (κ3) is 3.05. The summed E-state index contributed by atoms with van der Waals surface area (Å²) in [6, 6.07) is 5.49. The van der Waals surface area contributed by atoms with Gasteiger partial charge in [-0.15, -0.1) is 0 Å². The molecule has 3 atom stereocenters. The SMILES string of the molecule is COc1cc([C@H]2c3c(cc(OC)c(OC)c3OC)C[C@@H]3COC(=O)[C@@H]32)cc(Br)c1O. The van der Waals surface area contributed by atoms with Gasteiger partial charge in [0.15, 0.2) is 23.0 Å². The smallest absolute Gasteiger partial charge is 0.310 e. The Morgan fingerprint density at radius 1 is 1.00 bits per heavy atom. The van der Waals surface area contributed by atoms with Gasteiger partial charge in [0.05, 0.1) is 45.4 Å². The highest BCUT2D eigenvalue weighted by molar-refractivity contribution is 9.10. The van der Waals surface area contributed by atoms with Crippen LogP contribution in [0.4, 0.5) is 0 Å². The van der Waals surface area contributed by atoms with Crippen molar-refractivity contribution in [2.24, 2.45) is 11.8 Å². The lowest BCUT2D eigenvalue weighted by Gasteiger charge is -2.35. The van der Waals surface area contributed by atoms with Crippen LogP contribution in [0.3, 0.4) is 0 Å². The zero-order valence-corrected chi connectivity index (χ0v) is 18.7. The molecule has 0 amide bonds. The van der Waals surface area contributed by atoms with E-state index in [0.717, 1.165) is 16.7 Å². The number of ether oxygens (including phenoxy) is 5. The number of esters is 1. The fraction of sp³-hybridized carbons (Fsp3) is 0.409. The zero-order valence-electron chi connectivity index (χ0n) is 17.2. The number of methoxy groups -OCH3 is 4. The molecule has 0 aromatic heterocycles. The fourth-order valence-electron chi connectivity index (χ4n) is 4.68. The molecular weight excluding hydrogens is 456 g/mol. The summed E-state index contributed by atoms with van der Waals surface area (Å²) in [5, 5.41) is 10.3. The minimum Gasteiger partial charge on any atom is -0.503 e. The van der Waals surface area contributed by atoms with Crippen LogP contribution in [0.5, 0.6) is 28.7 Å². The van der Waals surface area contributed by atoms with Crippen LogP contribution in [0.1, 0.15) is 22.6 Å². The number of rotatable bonds is 5. The highest BCUT2D eigenvalue weighted by Gasteiger charge is 2.49. The van der Waals surface area contributed by atoms with Gasteiger partial charge in [0.1, 0.15) is 0 Å². The van der Waals surface area contributed by atoms with Crippen molar-refractivity contribution in [2.45, 2.75) is 12.3 Å². The molecule has 0 bridgehead atoms. The summed E-state index contributed by atoms with van der Waals surface area (Å²) in [6.07, 6.45) is 0.662. The van der Waals surface area contributed by atoms with E-state index in [1.807, 2.05) is 6.07 Å². The lowest BCUT2D eigenvalue weighted by Crippen LogP contribution is -2.32. The number of phenols is 1. The first-order chi connectivity index (χ1) is 14.4. The van der Waals surface area contributed by atoms with Crippen LogP contribution in [0.2, 0.25) is 0 Å². The molecule has 2 aromatic rings. The molecule has 1 saturated heterocycles. The number of phenolic OH excluding ortho intramolecular Hbond substituents is 1. The monoisotopic (exact) mass is 478 g/mol. The maximum absolute atomic E-state index is 12.8. The molecular formula is C22H23BrO7. The predicted octanol–water partition coefficient (Wildman–Crippen LogP) is 3.67. The number of carbonyl (C=O) groups excluding carboxylic acids is 1. The van der Waals surface area contributed by atoms with Crippen LogP contribution in [0.25, 0.3) is 0 Å². The molecule has 1 aliphatic carbocycles. The van der Waals surface area contributed by atoms with E-state index in [0.29, 0.717) is 40.5 Å². The molecule has 4 rings (SSSR count). The summed E-state index contributed by atoms with van der Waals surface area (Å²) in [4.78, 5) is 12.8. The van der Waals surface area contributed by atoms with Crippen LogP contribution < -0.4 is 18.9 Å². The Morgan fingerprint density at radius 2 is 1.70 bits per heavy atom. The number of carbonyl (C=O) groups is 1. The highest BCUT2D eigenvalue weighted by atomic mass is 79.9. The van der Waals surface area contributed by atoms with Gasteiger partial charge in [-0.25, -0.2) is 0 Å². The molecule has 0 spiro atoms. The third-order valence-electron chi connectivity index (χ3n) is 5.96. The first-order valence-corrected chi connectivity index (χ1v) is 10.3. The summed E-state index contributed by atoms with van der Waals surface area (Å²) in [7, 11) is 6.19. The maximum atomic E-state index is 12.8. The molecule has 7 nitrogen and oxygen atoms in total. The van der Waals surface area contributed by atoms with Gasteiger partial charge in [-0.05, 0) is 51.7 Å². The van der Waals surface area contributed by atoms with Gasteiger partial charge in [0.2, 0.25) is 5.75 Å².